The normalized spacial score (nSPS) is 14.5. The fourth-order valence-electron chi connectivity index (χ4n) is 3.28. The monoisotopic (exact) mass is 492 g/mol. The van der Waals surface area contributed by atoms with Gasteiger partial charge in [-0.05, 0) is 60.7 Å². The zero-order valence-corrected chi connectivity index (χ0v) is 19.9. The number of carbonyl (C=O) groups is 3. The summed E-state index contributed by atoms with van der Waals surface area (Å²) in [6.45, 7) is 1.94. The van der Waals surface area contributed by atoms with E-state index in [1.165, 1.54) is 4.90 Å². The number of thioether (sulfide) groups is 1. The number of hydrogen-bond donors (Lipinski definition) is 1. The van der Waals surface area contributed by atoms with Crippen LogP contribution in [0.1, 0.15) is 16.7 Å². The fraction of sp³-hybridized carbons (Fsp3) is 0.115. The van der Waals surface area contributed by atoms with E-state index in [0.29, 0.717) is 22.0 Å². The summed E-state index contributed by atoms with van der Waals surface area (Å²) in [5.74, 6) is -0.341. The minimum absolute atomic E-state index is 0.195. The third-order valence-electron chi connectivity index (χ3n) is 5.01. The average Bonchev–Trinajstić information content (AvgIpc) is 3.08. The lowest BCUT2D eigenvalue weighted by atomic mass is 10.1. The number of rotatable bonds is 7. The van der Waals surface area contributed by atoms with E-state index in [0.717, 1.165) is 22.9 Å². The average molecular weight is 493 g/mol. The van der Waals surface area contributed by atoms with Crippen molar-refractivity contribution in [2.24, 2.45) is 0 Å². The number of carbonyl (C=O) groups excluding carboxylic acids is 3. The lowest BCUT2D eigenvalue weighted by Crippen LogP contribution is -2.27. The maximum Gasteiger partial charge on any atom is 0.293 e. The quantitative estimate of drug-likeness (QED) is 0.415. The fourth-order valence-corrected chi connectivity index (χ4v) is 4.29. The Balaban J connectivity index is 1.48. The number of imide groups is 1. The molecule has 1 saturated heterocycles. The van der Waals surface area contributed by atoms with Crippen LogP contribution in [-0.4, -0.2) is 28.6 Å². The van der Waals surface area contributed by atoms with Gasteiger partial charge in [0.25, 0.3) is 17.1 Å². The van der Waals surface area contributed by atoms with Crippen LogP contribution in [0.5, 0.6) is 5.75 Å². The molecule has 1 fully saturated rings. The summed E-state index contributed by atoms with van der Waals surface area (Å²) in [7, 11) is 0. The molecule has 1 heterocycles. The zero-order chi connectivity index (χ0) is 24.1. The van der Waals surface area contributed by atoms with Gasteiger partial charge in [-0.2, -0.15) is 0 Å². The number of amides is 3. The number of halogens is 1. The molecule has 1 aliphatic rings. The maximum atomic E-state index is 12.9. The number of benzene rings is 3. The highest BCUT2D eigenvalue weighted by molar-refractivity contribution is 8.18. The van der Waals surface area contributed by atoms with Crippen molar-refractivity contribution in [2.45, 2.75) is 13.5 Å². The van der Waals surface area contributed by atoms with Gasteiger partial charge in [-0.3, -0.25) is 19.3 Å². The van der Waals surface area contributed by atoms with Crippen molar-refractivity contribution in [1.29, 1.82) is 0 Å². The molecule has 3 amide bonds. The van der Waals surface area contributed by atoms with Crippen LogP contribution in [0, 0.1) is 6.92 Å². The third kappa shape index (κ3) is 5.87. The highest BCUT2D eigenvalue weighted by Crippen LogP contribution is 2.35. The molecule has 1 N–H and O–H groups in total. The number of aryl methyl sites for hydroxylation is 1. The van der Waals surface area contributed by atoms with Crippen molar-refractivity contribution in [3.8, 4) is 5.75 Å². The van der Waals surface area contributed by atoms with Gasteiger partial charge in [0.2, 0.25) is 0 Å². The largest absolute Gasteiger partial charge is 0.483 e. The molecule has 0 radical (unpaired) electrons. The lowest BCUT2D eigenvalue weighted by molar-refractivity contribution is -0.123. The minimum atomic E-state index is -0.386. The summed E-state index contributed by atoms with van der Waals surface area (Å²) < 4.78 is 5.70. The highest BCUT2D eigenvalue weighted by atomic mass is 35.5. The number of ether oxygens (including phenoxy) is 1. The SMILES string of the molecule is Cc1ccc(CN2C(=O)S/C(=C\c3cc(Cl)ccc3OCC(=O)Nc3ccccc3)C2=O)cc1. The third-order valence-corrected chi connectivity index (χ3v) is 6.15. The van der Waals surface area contributed by atoms with Gasteiger partial charge in [0.15, 0.2) is 6.61 Å². The molecule has 0 aromatic heterocycles. The number of para-hydroxylation sites is 1. The Bertz CT molecular complexity index is 1260. The van der Waals surface area contributed by atoms with Crippen LogP contribution in [0.3, 0.4) is 0 Å². The first kappa shape index (κ1) is 23.6. The zero-order valence-electron chi connectivity index (χ0n) is 18.3. The van der Waals surface area contributed by atoms with Gasteiger partial charge >= 0.3 is 0 Å². The molecule has 0 spiro atoms. The molecule has 0 atom stereocenters. The highest BCUT2D eigenvalue weighted by Gasteiger charge is 2.35. The van der Waals surface area contributed by atoms with Crippen molar-refractivity contribution in [3.63, 3.8) is 0 Å². The van der Waals surface area contributed by atoms with E-state index in [1.54, 1.807) is 36.4 Å². The summed E-state index contributed by atoms with van der Waals surface area (Å²) in [5.41, 5.74) is 3.13. The number of nitrogens with zero attached hydrogens (tertiary/aromatic N) is 1. The molecule has 6 nitrogen and oxygen atoms in total. The molecule has 0 aliphatic carbocycles. The first-order valence-electron chi connectivity index (χ1n) is 10.5. The van der Waals surface area contributed by atoms with Gasteiger partial charge in [0.1, 0.15) is 5.75 Å². The second-order valence-corrected chi connectivity index (χ2v) is 9.07. The standard InChI is InChI=1S/C26H21ClN2O4S/c1-17-7-9-18(10-8-17)15-29-25(31)23(34-26(29)32)14-19-13-20(27)11-12-22(19)33-16-24(30)28-21-5-3-2-4-6-21/h2-14H,15-16H2,1H3,(H,28,30)/b23-14-. The Hall–Kier alpha value is -3.55. The van der Waals surface area contributed by atoms with E-state index in [1.807, 2.05) is 49.4 Å². The maximum absolute atomic E-state index is 12.9. The van der Waals surface area contributed by atoms with Crippen LogP contribution >= 0.6 is 23.4 Å². The molecule has 4 rings (SSSR count). The van der Waals surface area contributed by atoms with Gasteiger partial charge in [0.05, 0.1) is 11.4 Å². The van der Waals surface area contributed by atoms with Gasteiger partial charge < -0.3 is 10.1 Å². The van der Waals surface area contributed by atoms with Crippen LogP contribution < -0.4 is 10.1 Å². The van der Waals surface area contributed by atoms with Crippen molar-refractivity contribution in [3.05, 3.63) is 99.4 Å². The molecule has 0 unspecified atom stereocenters. The van der Waals surface area contributed by atoms with E-state index < -0.39 is 0 Å². The molecule has 0 bridgehead atoms. The Morgan fingerprint density at radius 3 is 2.53 bits per heavy atom. The molecule has 1 aliphatic heterocycles. The Labute approximate surface area is 206 Å². The topological polar surface area (TPSA) is 75.7 Å². The first-order chi connectivity index (χ1) is 16.4. The number of nitrogens with one attached hydrogen (secondary N) is 1. The Morgan fingerprint density at radius 2 is 1.79 bits per heavy atom. The number of anilines is 1. The molecular weight excluding hydrogens is 472 g/mol. The van der Waals surface area contributed by atoms with E-state index >= 15 is 0 Å². The van der Waals surface area contributed by atoms with Crippen molar-refractivity contribution in [2.75, 3.05) is 11.9 Å². The van der Waals surface area contributed by atoms with Gasteiger partial charge in [-0.25, -0.2) is 0 Å². The van der Waals surface area contributed by atoms with Crippen molar-refractivity contribution >= 4 is 52.2 Å². The van der Waals surface area contributed by atoms with Gasteiger partial charge in [0, 0.05) is 16.3 Å². The van der Waals surface area contributed by atoms with E-state index in [2.05, 4.69) is 5.32 Å². The number of hydrogen-bond acceptors (Lipinski definition) is 5. The van der Waals surface area contributed by atoms with E-state index in [4.69, 9.17) is 16.3 Å². The molecule has 3 aromatic carbocycles. The molecule has 8 heteroatoms. The summed E-state index contributed by atoms with van der Waals surface area (Å²) in [5, 5.41) is 2.84. The van der Waals surface area contributed by atoms with Gasteiger partial charge in [-0.15, -0.1) is 0 Å². The lowest BCUT2D eigenvalue weighted by Gasteiger charge is -2.13. The summed E-state index contributed by atoms with van der Waals surface area (Å²) in [6, 6.07) is 21.6. The molecule has 172 valence electrons. The Morgan fingerprint density at radius 1 is 1.06 bits per heavy atom. The Kier molecular flexibility index (Phi) is 7.35. The second kappa shape index (κ2) is 10.6. The van der Waals surface area contributed by atoms with E-state index in [-0.39, 0.29) is 35.1 Å². The minimum Gasteiger partial charge on any atom is -0.483 e. The van der Waals surface area contributed by atoms with Crippen LogP contribution in [0.25, 0.3) is 6.08 Å². The predicted molar refractivity (Wildman–Crippen MR) is 135 cm³/mol. The van der Waals surface area contributed by atoms with E-state index in [9.17, 15) is 14.4 Å². The van der Waals surface area contributed by atoms with Crippen LogP contribution in [0.2, 0.25) is 5.02 Å². The second-order valence-electron chi connectivity index (χ2n) is 7.64. The summed E-state index contributed by atoms with van der Waals surface area (Å²) in [4.78, 5) is 39.2. The molecule has 0 saturated carbocycles. The van der Waals surface area contributed by atoms with Crippen molar-refractivity contribution < 1.29 is 19.1 Å². The smallest absolute Gasteiger partial charge is 0.293 e. The summed E-state index contributed by atoms with van der Waals surface area (Å²) >= 11 is 7.01. The summed E-state index contributed by atoms with van der Waals surface area (Å²) in [6.07, 6.45) is 1.57. The molecular formula is C26H21ClN2O4S. The molecule has 34 heavy (non-hydrogen) atoms. The van der Waals surface area contributed by atoms with Crippen LogP contribution in [0.15, 0.2) is 77.7 Å². The first-order valence-corrected chi connectivity index (χ1v) is 11.7. The molecule has 3 aromatic rings. The van der Waals surface area contributed by atoms with Crippen LogP contribution in [-0.2, 0) is 16.1 Å². The predicted octanol–water partition coefficient (Wildman–Crippen LogP) is 5.90. The van der Waals surface area contributed by atoms with Crippen LogP contribution in [0.4, 0.5) is 10.5 Å². The van der Waals surface area contributed by atoms with Gasteiger partial charge in [-0.1, -0.05) is 59.6 Å². The van der Waals surface area contributed by atoms with Crippen molar-refractivity contribution in [1.82, 2.24) is 4.90 Å².